The molecule has 0 saturated carbocycles. The molecule has 2 saturated heterocycles. The van der Waals surface area contributed by atoms with E-state index >= 15 is 0 Å². The van der Waals surface area contributed by atoms with E-state index < -0.39 is 10.0 Å². The van der Waals surface area contributed by atoms with Gasteiger partial charge in [-0.05, 0) is 42.9 Å². The molecular weight excluding hydrogens is 426 g/mol. The fraction of sp³-hybridized carbons (Fsp3) is 0.667. The van der Waals surface area contributed by atoms with E-state index in [0.29, 0.717) is 50.1 Å². The number of rotatable bonds is 6. The van der Waals surface area contributed by atoms with E-state index in [1.807, 2.05) is 26.0 Å². The summed E-state index contributed by atoms with van der Waals surface area (Å²) in [5, 5.41) is 0. The minimum atomic E-state index is -3.57. The summed E-state index contributed by atoms with van der Waals surface area (Å²) in [5.41, 5.74) is 1.14. The van der Waals surface area contributed by atoms with Gasteiger partial charge in [-0.3, -0.25) is 9.59 Å². The molecule has 2 aliphatic heterocycles. The molecule has 7 nitrogen and oxygen atoms in total. The predicted molar refractivity (Wildman–Crippen MR) is 125 cm³/mol. The first-order valence-corrected chi connectivity index (χ1v) is 13.3. The number of hydrogen-bond acceptors (Lipinski definition) is 4. The number of likely N-dealkylation sites (tertiary alicyclic amines) is 1. The second kappa shape index (κ2) is 10.3. The van der Waals surface area contributed by atoms with Gasteiger partial charge in [0.2, 0.25) is 21.8 Å². The standard InChI is InChI=1S/C24H37N3O4S/c1-5-19(4)20-8-10-22(11-9-20)32(30,31)27-15-13-25(14-16-27)24(29)21-7-6-12-26(17-21)23(28)18(2)3/h8-11,18-19,21H,5-7,12-17H2,1-4H3. The van der Waals surface area contributed by atoms with Crippen molar-refractivity contribution in [1.29, 1.82) is 0 Å². The third-order valence-corrected chi connectivity index (χ3v) is 8.74. The number of nitrogens with zero attached hydrogens (tertiary/aromatic N) is 3. The van der Waals surface area contributed by atoms with E-state index in [-0.39, 0.29) is 23.7 Å². The summed E-state index contributed by atoms with van der Waals surface area (Å²) in [6.07, 6.45) is 2.62. The van der Waals surface area contributed by atoms with Crippen LogP contribution in [0.1, 0.15) is 58.4 Å². The van der Waals surface area contributed by atoms with Gasteiger partial charge in [0.05, 0.1) is 10.8 Å². The van der Waals surface area contributed by atoms with Crippen LogP contribution in [0.3, 0.4) is 0 Å². The van der Waals surface area contributed by atoms with Gasteiger partial charge in [-0.25, -0.2) is 8.42 Å². The van der Waals surface area contributed by atoms with Crippen LogP contribution >= 0.6 is 0 Å². The largest absolute Gasteiger partial charge is 0.342 e. The van der Waals surface area contributed by atoms with Crippen molar-refractivity contribution in [2.45, 2.75) is 57.8 Å². The average Bonchev–Trinajstić information content (AvgIpc) is 2.82. The molecular formula is C24H37N3O4S. The summed E-state index contributed by atoms with van der Waals surface area (Å²) >= 11 is 0. The molecule has 8 heteroatoms. The van der Waals surface area contributed by atoms with Crippen LogP contribution < -0.4 is 0 Å². The first-order chi connectivity index (χ1) is 15.1. The maximum atomic E-state index is 13.1. The molecule has 178 valence electrons. The third kappa shape index (κ3) is 5.34. The van der Waals surface area contributed by atoms with Crippen molar-refractivity contribution in [3.05, 3.63) is 29.8 Å². The molecule has 3 rings (SSSR count). The van der Waals surface area contributed by atoms with Gasteiger partial charge in [-0.15, -0.1) is 0 Å². The Labute approximate surface area is 192 Å². The SMILES string of the molecule is CCC(C)c1ccc(S(=O)(=O)N2CCN(C(=O)C3CCCN(C(=O)C(C)C)C3)CC2)cc1. The van der Waals surface area contributed by atoms with Crippen LogP contribution in [-0.4, -0.2) is 73.6 Å². The van der Waals surface area contributed by atoms with Gasteiger partial charge in [0.1, 0.15) is 0 Å². The molecule has 2 aliphatic rings. The predicted octanol–water partition coefficient (Wildman–Crippen LogP) is 2.93. The number of sulfonamides is 1. The Morgan fingerprint density at radius 3 is 2.16 bits per heavy atom. The summed E-state index contributed by atoms with van der Waals surface area (Å²) in [4.78, 5) is 29.3. The van der Waals surface area contributed by atoms with Gasteiger partial charge in [-0.2, -0.15) is 4.31 Å². The molecule has 0 radical (unpaired) electrons. The second-order valence-electron chi connectivity index (χ2n) is 9.39. The smallest absolute Gasteiger partial charge is 0.243 e. The van der Waals surface area contributed by atoms with Crippen molar-refractivity contribution in [3.8, 4) is 0 Å². The first-order valence-electron chi connectivity index (χ1n) is 11.8. The number of carbonyl (C=O) groups is 2. The Bertz CT molecular complexity index is 906. The molecule has 2 unspecified atom stereocenters. The molecule has 1 aromatic carbocycles. The Morgan fingerprint density at radius 2 is 1.59 bits per heavy atom. The summed E-state index contributed by atoms with van der Waals surface area (Å²) in [7, 11) is -3.57. The van der Waals surface area contributed by atoms with Gasteiger partial charge < -0.3 is 9.80 Å². The van der Waals surface area contributed by atoms with Gasteiger partial charge >= 0.3 is 0 Å². The molecule has 32 heavy (non-hydrogen) atoms. The Morgan fingerprint density at radius 1 is 0.969 bits per heavy atom. The molecule has 0 aromatic heterocycles. The summed E-state index contributed by atoms with van der Waals surface area (Å²) < 4.78 is 27.6. The molecule has 2 fully saturated rings. The molecule has 0 spiro atoms. The van der Waals surface area contributed by atoms with Crippen molar-refractivity contribution >= 4 is 21.8 Å². The Kier molecular flexibility index (Phi) is 7.98. The van der Waals surface area contributed by atoms with Gasteiger partial charge in [0, 0.05) is 45.2 Å². The van der Waals surface area contributed by atoms with Crippen LogP contribution in [-0.2, 0) is 19.6 Å². The first kappa shape index (κ1) is 24.7. The molecule has 1 aromatic rings. The lowest BCUT2D eigenvalue weighted by Crippen LogP contribution is -2.54. The second-order valence-corrected chi connectivity index (χ2v) is 11.3. The topological polar surface area (TPSA) is 78.0 Å². The average molecular weight is 464 g/mol. The van der Waals surface area contributed by atoms with Crippen LogP contribution in [0.4, 0.5) is 0 Å². The zero-order valence-corrected chi connectivity index (χ0v) is 20.6. The lowest BCUT2D eigenvalue weighted by atomic mass is 9.95. The van der Waals surface area contributed by atoms with E-state index in [1.165, 1.54) is 4.31 Å². The van der Waals surface area contributed by atoms with E-state index in [1.54, 1.807) is 21.9 Å². The lowest BCUT2D eigenvalue weighted by Gasteiger charge is -2.39. The van der Waals surface area contributed by atoms with Gasteiger partial charge in [0.15, 0.2) is 0 Å². The number of piperazine rings is 1. The molecule has 2 heterocycles. The van der Waals surface area contributed by atoms with Gasteiger partial charge in [0.25, 0.3) is 0 Å². The van der Waals surface area contributed by atoms with E-state index in [9.17, 15) is 18.0 Å². The van der Waals surface area contributed by atoms with Crippen molar-refractivity contribution in [3.63, 3.8) is 0 Å². The normalized spacial score (nSPS) is 21.6. The number of amides is 2. The van der Waals surface area contributed by atoms with Crippen LogP contribution in [0.25, 0.3) is 0 Å². The number of benzene rings is 1. The zero-order valence-electron chi connectivity index (χ0n) is 19.8. The van der Waals surface area contributed by atoms with Crippen LogP contribution in [0.5, 0.6) is 0 Å². The highest BCUT2D eigenvalue weighted by Gasteiger charge is 2.35. The number of piperidine rings is 1. The molecule has 2 amide bonds. The minimum Gasteiger partial charge on any atom is -0.342 e. The highest BCUT2D eigenvalue weighted by atomic mass is 32.2. The van der Waals surface area contributed by atoms with E-state index in [2.05, 4.69) is 13.8 Å². The highest BCUT2D eigenvalue weighted by Crippen LogP contribution is 2.25. The number of carbonyl (C=O) groups excluding carboxylic acids is 2. The summed E-state index contributed by atoms with van der Waals surface area (Å²) in [6, 6.07) is 7.18. The highest BCUT2D eigenvalue weighted by molar-refractivity contribution is 7.89. The van der Waals surface area contributed by atoms with E-state index in [0.717, 1.165) is 24.8 Å². The monoisotopic (exact) mass is 463 g/mol. The maximum absolute atomic E-state index is 13.1. The third-order valence-electron chi connectivity index (χ3n) is 6.83. The number of hydrogen-bond donors (Lipinski definition) is 0. The van der Waals surface area contributed by atoms with Crippen LogP contribution in [0, 0.1) is 11.8 Å². The van der Waals surface area contributed by atoms with Crippen LogP contribution in [0.2, 0.25) is 0 Å². The molecule has 0 bridgehead atoms. The lowest BCUT2D eigenvalue weighted by molar-refractivity contribution is -0.143. The van der Waals surface area contributed by atoms with Gasteiger partial charge in [-0.1, -0.05) is 39.8 Å². The fourth-order valence-corrected chi connectivity index (χ4v) is 5.93. The quantitative estimate of drug-likeness (QED) is 0.650. The van der Waals surface area contributed by atoms with E-state index in [4.69, 9.17) is 0 Å². The fourth-order valence-electron chi connectivity index (χ4n) is 4.50. The van der Waals surface area contributed by atoms with Crippen LogP contribution in [0.15, 0.2) is 29.2 Å². The van der Waals surface area contributed by atoms with Crippen molar-refractivity contribution < 1.29 is 18.0 Å². The molecule has 0 aliphatic carbocycles. The molecule has 2 atom stereocenters. The molecule has 0 N–H and O–H groups in total. The van der Waals surface area contributed by atoms with Crippen molar-refractivity contribution in [1.82, 2.24) is 14.1 Å². The maximum Gasteiger partial charge on any atom is 0.243 e. The summed E-state index contributed by atoms with van der Waals surface area (Å²) in [5.74, 6) is 0.270. The minimum absolute atomic E-state index is 0.0428. The summed E-state index contributed by atoms with van der Waals surface area (Å²) in [6.45, 7) is 10.5. The Balaban J connectivity index is 1.59. The van der Waals surface area contributed by atoms with Crippen molar-refractivity contribution in [2.24, 2.45) is 11.8 Å². The zero-order chi connectivity index (χ0) is 23.5. The Hall–Kier alpha value is -1.93. The van der Waals surface area contributed by atoms with Crippen molar-refractivity contribution in [2.75, 3.05) is 39.3 Å².